The maximum atomic E-state index is 12.3. The Bertz CT molecular complexity index is 1010. The van der Waals surface area contributed by atoms with Gasteiger partial charge in [0.1, 0.15) is 5.82 Å². The number of rotatable bonds is 8. The number of carbonyl (C=O) groups excluding carboxylic acids is 1. The second-order valence-electron chi connectivity index (χ2n) is 7.04. The molecule has 0 saturated carbocycles. The maximum Gasteiger partial charge on any atom is 0.234 e. The lowest BCUT2D eigenvalue weighted by atomic mass is 9.99. The van der Waals surface area contributed by atoms with E-state index < -0.39 is 10.0 Å². The predicted molar refractivity (Wildman–Crippen MR) is 122 cm³/mol. The first-order valence-electron chi connectivity index (χ1n) is 9.45. The number of nitrogens with one attached hydrogen (secondary N) is 1. The van der Waals surface area contributed by atoms with Crippen LogP contribution in [0.3, 0.4) is 0 Å². The number of amides is 1. The summed E-state index contributed by atoms with van der Waals surface area (Å²) < 4.78 is 28.2. The number of allylic oxidation sites excluding steroid dienone is 1. The topological polar surface area (TPSA) is 97.2 Å². The molecule has 0 aliphatic carbocycles. The van der Waals surface area contributed by atoms with Crippen LogP contribution in [0, 0.1) is 0 Å². The first-order valence-corrected chi connectivity index (χ1v) is 13.1. The zero-order valence-corrected chi connectivity index (χ0v) is 19.8. The van der Waals surface area contributed by atoms with Gasteiger partial charge in [0.25, 0.3) is 0 Å². The predicted octanol–water partition coefficient (Wildman–Crippen LogP) is 3.10. The average molecular weight is 514 g/mol. The van der Waals surface area contributed by atoms with Crippen LogP contribution in [0.25, 0.3) is 0 Å². The Hall–Kier alpha value is -1.69. The van der Waals surface area contributed by atoms with Crippen molar-refractivity contribution in [2.75, 3.05) is 30.4 Å². The first-order chi connectivity index (χ1) is 14.3. The Morgan fingerprint density at radius 2 is 2.10 bits per heavy atom. The number of halogens is 1. The molecule has 2 heterocycles. The van der Waals surface area contributed by atoms with Crippen LogP contribution in [-0.4, -0.2) is 58.5 Å². The lowest BCUT2D eigenvalue weighted by Crippen LogP contribution is -2.39. The molecule has 3 rings (SSSR count). The summed E-state index contributed by atoms with van der Waals surface area (Å²) in [6.07, 6.45) is 4.60. The van der Waals surface area contributed by atoms with Gasteiger partial charge in [-0.25, -0.2) is 12.7 Å². The van der Waals surface area contributed by atoms with E-state index >= 15 is 0 Å². The van der Waals surface area contributed by atoms with Crippen LogP contribution in [0.2, 0.25) is 0 Å². The maximum absolute atomic E-state index is 12.3. The second-order valence-corrected chi connectivity index (χ2v) is 10.9. The van der Waals surface area contributed by atoms with Gasteiger partial charge in [-0.3, -0.25) is 4.79 Å². The lowest BCUT2D eigenvalue weighted by Gasteiger charge is -2.30. The minimum absolute atomic E-state index is 0.0353. The van der Waals surface area contributed by atoms with E-state index in [-0.39, 0.29) is 17.6 Å². The summed E-state index contributed by atoms with van der Waals surface area (Å²) in [5.74, 6) is 0.745. The number of thioether (sulfide) groups is 1. The van der Waals surface area contributed by atoms with Crippen LogP contribution < -0.4 is 5.32 Å². The Kier molecular flexibility index (Phi) is 7.72. The van der Waals surface area contributed by atoms with Gasteiger partial charge in [0.05, 0.1) is 12.0 Å². The number of piperidine rings is 1. The number of anilines is 1. The molecule has 2 aromatic rings. The summed E-state index contributed by atoms with van der Waals surface area (Å²) in [7, 11) is -3.24. The average Bonchev–Trinajstić information content (AvgIpc) is 3.11. The van der Waals surface area contributed by atoms with E-state index in [1.165, 1.54) is 22.3 Å². The van der Waals surface area contributed by atoms with Crippen molar-refractivity contribution in [2.45, 2.75) is 30.5 Å². The van der Waals surface area contributed by atoms with E-state index in [2.05, 4.69) is 38.0 Å². The molecule has 1 fully saturated rings. The molecule has 1 saturated heterocycles. The van der Waals surface area contributed by atoms with Crippen LogP contribution in [-0.2, 0) is 21.4 Å². The van der Waals surface area contributed by atoms with Crippen LogP contribution in [0.4, 0.5) is 5.69 Å². The van der Waals surface area contributed by atoms with Crippen molar-refractivity contribution in [3.05, 3.63) is 47.2 Å². The van der Waals surface area contributed by atoms with E-state index in [0.717, 1.165) is 28.8 Å². The van der Waals surface area contributed by atoms with Gasteiger partial charge in [-0.15, -0.1) is 16.8 Å². The van der Waals surface area contributed by atoms with Crippen LogP contribution in [0.15, 0.2) is 46.5 Å². The summed E-state index contributed by atoms with van der Waals surface area (Å²) in [6.45, 7) is 5.22. The van der Waals surface area contributed by atoms with Crippen LogP contribution in [0.1, 0.15) is 24.6 Å². The van der Waals surface area contributed by atoms with Gasteiger partial charge in [0.2, 0.25) is 15.9 Å². The molecule has 11 heteroatoms. The third-order valence-electron chi connectivity index (χ3n) is 4.74. The fraction of sp³-hybridized carbons (Fsp3) is 0.421. The number of aromatic nitrogens is 3. The highest BCUT2D eigenvalue weighted by molar-refractivity contribution is 9.10. The van der Waals surface area contributed by atoms with Crippen molar-refractivity contribution < 1.29 is 13.2 Å². The molecule has 0 radical (unpaired) electrons. The van der Waals surface area contributed by atoms with Crippen molar-refractivity contribution >= 4 is 49.3 Å². The molecule has 1 aromatic heterocycles. The number of benzene rings is 1. The lowest BCUT2D eigenvalue weighted by molar-refractivity contribution is -0.113. The van der Waals surface area contributed by atoms with Gasteiger partial charge in [-0.1, -0.05) is 33.8 Å². The summed E-state index contributed by atoms with van der Waals surface area (Å²) >= 11 is 4.66. The van der Waals surface area contributed by atoms with E-state index in [4.69, 9.17) is 0 Å². The number of carbonyl (C=O) groups is 1. The Morgan fingerprint density at radius 1 is 1.37 bits per heavy atom. The molecule has 1 aromatic carbocycles. The van der Waals surface area contributed by atoms with Crippen molar-refractivity contribution in [3.63, 3.8) is 0 Å². The van der Waals surface area contributed by atoms with Gasteiger partial charge in [-0.05, 0) is 37.1 Å². The van der Waals surface area contributed by atoms with Crippen molar-refractivity contribution in [1.82, 2.24) is 19.1 Å². The van der Waals surface area contributed by atoms with E-state index in [1.54, 1.807) is 6.08 Å². The van der Waals surface area contributed by atoms with Gasteiger partial charge < -0.3 is 9.88 Å². The molecule has 0 spiro atoms. The standard InChI is InChI=1S/C19H24BrN5O3S2/c1-3-10-25-18(14-5-4-11-24(12-14)30(2,27)28)22-23-19(25)29-13-17(26)21-16-8-6-15(20)7-9-16/h3,6-9,14H,1,4-5,10-13H2,2H3,(H,21,26)/t14-/m1/s1. The van der Waals surface area contributed by atoms with Crippen LogP contribution in [0.5, 0.6) is 0 Å². The summed E-state index contributed by atoms with van der Waals surface area (Å²) in [4.78, 5) is 12.3. The Morgan fingerprint density at radius 3 is 2.77 bits per heavy atom. The highest BCUT2D eigenvalue weighted by Gasteiger charge is 2.30. The fourth-order valence-electron chi connectivity index (χ4n) is 3.32. The van der Waals surface area contributed by atoms with E-state index in [1.807, 2.05) is 28.8 Å². The van der Waals surface area contributed by atoms with E-state index in [9.17, 15) is 13.2 Å². The number of hydrogen-bond acceptors (Lipinski definition) is 6. The molecule has 0 bridgehead atoms. The van der Waals surface area contributed by atoms with Gasteiger partial charge >= 0.3 is 0 Å². The molecule has 30 heavy (non-hydrogen) atoms. The number of hydrogen-bond donors (Lipinski definition) is 1. The number of sulfonamides is 1. The van der Waals surface area contributed by atoms with Gasteiger partial charge in [0.15, 0.2) is 5.16 Å². The zero-order chi connectivity index (χ0) is 21.7. The first kappa shape index (κ1) is 23.0. The van der Waals surface area contributed by atoms with Crippen molar-refractivity contribution in [2.24, 2.45) is 0 Å². The third-order valence-corrected chi connectivity index (χ3v) is 7.50. The fourth-order valence-corrected chi connectivity index (χ4v) is 5.25. The monoisotopic (exact) mass is 513 g/mol. The van der Waals surface area contributed by atoms with E-state index in [0.29, 0.717) is 24.8 Å². The SMILES string of the molecule is C=CCn1c(SCC(=O)Nc2ccc(Br)cc2)nnc1[C@@H]1CCCN(S(C)(=O)=O)C1. The third kappa shape index (κ3) is 5.93. The number of nitrogens with zero attached hydrogens (tertiary/aromatic N) is 4. The molecule has 1 aliphatic heterocycles. The summed E-state index contributed by atoms with van der Waals surface area (Å²) in [5.41, 5.74) is 0.722. The normalized spacial score (nSPS) is 17.6. The quantitative estimate of drug-likeness (QED) is 0.430. The van der Waals surface area contributed by atoms with Crippen LogP contribution >= 0.6 is 27.7 Å². The smallest absolute Gasteiger partial charge is 0.234 e. The molecule has 0 unspecified atom stereocenters. The van der Waals surface area contributed by atoms with Crippen molar-refractivity contribution in [3.8, 4) is 0 Å². The van der Waals surface area contributed by atoms with Gasteiger partial charge in [-0.2, -0.15) is 0 Å². The molecule has 1 atom stereocenters. The van der Waals surface area contributed by atoms with Crippen molar-refractivity contribution in [1.29, 1.82) is 0 Å². The molecule has 1 amide bonds. The highest BCUT2D eigenvalue weighted by atomic mass is 79.9. The Balaban J connectivity index is 1.68. The molecular formula is C19H24BrN5O3S2. The van der Waals surface area contributed by atoms with Gasteiger partial charge in [0, 0.05) is 35.7 Å². The molecule has 1 aliphatic rings. The second kappa shape index (κ2) is 10.1. The molecule has 1 N–H and O–H groups in total. The summed E-state index contributed by atoms with van der Waals surface area (Å²) in [5, 5.41) is 12.1. The zero-order valence-electron chi connectivity index (χ0n) is 16.6. The summed E-state index contributed by atoms with van der Waals surface area (Å²) in [6, 6.07) is 7.36. The molecule has 162 valence electrons. The molecular weight excluding hydrogens is 490 g/mol. The largest absolute Gasteiger partial charge is 0.325 e. The molecule has 8 nitrogen and oxygen atoms in total. The minimum Gasteiger partial charge on any atom is -0.325 e. The highest BCUT2D eigenvalue weighted by Crippen LogP contribution is 2.29. The minimum atomic E-state index is -3.24. The Labute approximate surface area is 189 Å².